The number of ether oxygens (including phenoxy) is 1. The van der Waals surface area contributed by atoms with Gasteiger partial charge in [-0.15, -0.1) is 0 Å². The van der Waals surface area contributed by atoms with Crippen LogP contribution in [-0.2, 0) is 4.74 Å². The molecule has 4 atom stereocenters. The van der Waals surface area contributed by atoms with Crippen molar-refractivity contribution in [2.45, 2.75) is 51.6 Å². The van der Waals surface area contributed by atoms with Crippen LogP contribution in [0.5, 0.6) is 0 Å². The summed E-state index contributed by atoms with van der Waals surface area (Å²) in [6.07, 6.45) is 9.62. The van der Waals surface area contributed by atoms with Crippen LogP contribution in [0.2, 0.25) is 0 Å². The summed E-state index contributed by atoms with van der Waals surface area (Å²) in [4.78, 5) is 0. The summed E-state index contributed by atoms with van der Waals surface area (Å²) >= 11 is 0. The average molecular weight is 206 g/mol. The van der Waals surface area contributed by atoms with Crippen LogP contribution in [0.3, 0.4) is 0 Å². The Bertz CT molecular complexity index is 288. The van der Waals surface area contributed by atoms with Crippen molar-refractivity contribution >= 4 is 0 Å². The number of allylic oxidation sites excluding steroid dienone is 2. The van der Waals surface area contributed by atoms with Gasteiger partial charge in [-0.25, -0.2) is 0 Å². The van der Waals surface area contributed by atoms with Crippen molar-refractivity contribution in [3.8, 4) is 0 Å². The molecule has 0 spiro atoms. The molecule has 0 aromatic carbocycles. The highest BCUT2D eigenvalue weighted by molar-refractivity contribution is 5.13. The first-order chi connectivity index (χ1) is 7.19. The first-order valence-corrected chi connectivity index (χ1v) is 6.50. The van der Waals surface area contributed by atoms with Crippen LogP contribution in [-0.4, -0.2) is 12.2 Å². The highest BCUT2D eigenvalue weighted by Crippen LogP contribution is 2.51. The molecule has 3 rings (SSSR count). The Morgan fingerprint density at radius 2 is 2.13 bits per heavy atom. The van der Waals surface area contributed by atoms with Crippen molar-refractivity contribution in [3.05, 3.63) is 11.6 Å². The summed E-state index contributed by atoms with van der Waals surface area (Å²) in [7, 11) is 0. The number of epoxide rings is 1. The van der Waals surface area contributed by atoms with E-state index in [1.807, 2.05) is 0 Å². The molecular weight excluding hydrogens is 184 g/mol. The molecule has 1 heteroatoms. The molecule has 0 aromatic heterocycles. The molecule has 84 valence electrons. The summed E-state index contributed by atoms with van der Waals surface area (Å²) < 4.78 is 5.69. The maximum Gasteiger partial charge on any atom is 0.0922 e. The minimum Gasteiger partial charge on any atom is -0.370 e. The van der Waals surface area contributed by atoms with E-state index in [2.05, 4.69) is 19.9 Å². The van der Waals surface area contributed by atoms with E-state index in [1.54, 1.807) is 5.57 Å². The van der Waals surface area contributed by atoms with E-state index >= 15 is 0 Å². The average Bonchev–Trinajstić information content (AvgIpc) is 2.96. The molecule has 0 radical (unpaired) electrons. The SMILES string of the molecule is CC1=C[C@@H]2C([C@]3(C)CO3)CCC[C@@H]2CC1. The van der Waals surface area contributed by atoms with E-state index in [0.717, 1.165) is 24.4 Å². The fourth-order valence-electron chi connectivity index (χ4n) is 3.77. The van der Waals surface area contributed by atoms with Gasteiger partial charge in [0.25, 0.3) is 0 Å². The van der Waals surface area contributed by atoms with Gasteiger partial charge in [-0.05, 0) is 57.3 Å². The summed E-state index contributed by atoms with van der Waals surface area (Å²) in [5.41, 5.74) is 1.87. The smallest absolute Gasteiger partial charge is 0.0922 e. The van der Waals surface area contributed by atoms with E-state index in [9.17, 15) is 0 Å². The Morgan fingerprint density at radius 1 is 1.33 bits per heavy atom. The van der Waals surface area contributed by atoms with Crippen LogP contribution >= 0.6 is 0 Å². The molecular formula is C14H22O. The van der Waals surface area contributed by atoms with Crippen molar-refractivity contribution in [1.29, 1.82) is 0 Å². The lowest BCUT2D eigenvalue weighted by Gasteiger charge is -2.41. The Kier molecular flexibility index (Phi) is 2.21. The Hall–Kier alpha value is -0.300. The van der Waals surface area contributed by atoms with E-state index in [4.69, 9.17) is 4.74 Å². The normalized spacial score (nSPS) is 49.5. The fraction of sp³-hybridized carbons (Fsp3) is 0.857. The van der Waals surface area contributed by atoms with Gasteiger partial charge in [0.15, 0.2) is 0 Å². The molecule has 1 aliphatic heterocycles. The monoisotopic (exact) mass is 206 g/mol. The molecule has 1 unspecified atom stereocenters. The quantitative estimate of drug-likeness (QED) is 0.472. The lowest BCUT2D eigenvalue weighted by molar-refractivity contribution is 0.0993. The van der Waals surface area contributed by atoms with Crippen LogP contribution in [0, 0.1) is 17.8 Å². The molecule has 1 nitrogen and oxygen atoms in total. The minimum absolute atomic E-state index is 0.247. The van der Waals surface area contributed by atoms with Gasteiger partial charge in [-0.1, -0.05) is 18.1 Å². The zero-order chi connectivity index (χ0) is 10.5. The topological polar surface area (TPSA) is 12.5 Å². The molecule has 1 saturated heterocycles. The van der Waals surface area contributed by atoms with Crippen LogP contribution in [0.15, 0.2) is 11.6 Å². The van der Waals surface area contributed by atoms with Gasteiger partial charge in [0.05, 0.1) is 12.2 Å². The minimum atomic E-state index is 0.247. The predicted molar refractivity (Wildman–Crippen MR) is 61.7 cm³/mol. The third-order valence-electron chi connectivity index (χ3n) is 4.87. The number of hydrogen-bond donors (Lipinski definition) is 0. The van der Waals surface area contributed by atoms with E-state index < -0.39 is 0 Å². The molecule has 0 bridgehead atoms. The van der Waals surface area contributed by atoms with Crippen molar-refractivity contribution in [1.82, 2.24) is 0 Å². The maximum absolute atomic E-state index is 5.69. The van der Waals surface area contributed by atoms with Gasteiger partial charge in [-0.2, -0.15) is 0 Å². The van der Waals surface area contributed by atoms with Crippen LogP contribution in [0.1, 0.15) is 46.0 Å². The van der Waals surface area contributed by atoms with E-state index in [-0.39, 0.29) is 5.60 Å². The van der Waals surface area contributed by atoms with Gasteiger partial charge in [-0.3, -0.25) is 0 Å². The van der Waals surface area contributed by atoms with Gasteiger partial charge < -0.3 is 4.74 Å². The summed E-state index contributed by atoms with van der Waals surface area (Å²) in [5, 5.41) is 0. The van der Waals surface area contributed by atoms with Crippen molar-refractivity contribution < 1.29 is 4.74 Å². The van der Waals surface area contributed by atoms with Crippen LogP contribution in [0.25, 0.3) is 0 Å². The lowest BCUT2D eigenvalue weighted by atomic mass is 9.63. The third-order valence-corrected chi connectivity index (χ3v) is 4.87. The van der Waals surface area contributed by atoms with Gasteiger partial charge in [0.1, 0.15) is 0 Å². The second-order valence-electron chi connectivity index (χ2n) is 6.03. The van der Waals surface area contributed by atoms with Crippen molar-refractivity contribution in [3.63, 3.8) is 0 Å². The second-order valence-corrected chi connectivity index (χ2v) is 6.03. The lowest BCUT2D eigenvalue weighted by Crippen LogP contribution is -2.37. The van der Waals surface area contributed by atoms with Crippen LogP contribution < -0.4 is 0 Å². The highest BCUT2D eigenvalue weighted by atomic mass is 16.6. The molecule has 15 heavy (non-hydrogen) atoms. The van der Waals surface area contributed by atoms with Gasteiger partial charge in [0, 0.05) is 0 Å². The zero-order valence-corrected chi connectivity index (χ0v) is 9.96. The Morgan fingerprint density at radius 3 is 2.87 bits per heavy atom. The van der Waals surface area contributed by atoms with Crippen molar-refractivity contribution in [2.75, 3.05) is 6.61 Å². The first kappa shape index (κ1) is 9.89. The van der Waals surface area contributed by atoms with Crippen LogP contribution in [0.4, 0.5) is 0 Å². The summed E-state index contributed by atoms with van der Waals surface area (Å²) in [6, 6.07) is 0. The predicted octanol–water partition coefficient (Wildman–Crippen LogP) is 3.55. The van der Waals surface area contributed by atoms with Gasteiger partial charge >= 0.3 is 0 Å². The van der Waals surface area contributed by atoms with E-state index in [0.29, 0.717) is 0 Å². The number of hydrogen-bond acceptors (Lipinski definition) is 1. The summed E-state index contributed by atoms with van der Waals surface area (Å²) in [5.74, 6) is 2.61. The van der Waals surface area contributed by atoms with E-state index in [1.165, 1.54) is 32.1 Å². The summed E-state index contributed by atoms with van der Waals surface area (Å²) in [6.45, 7) is 5.63. The molecule has 1 saturated carbocycles. The molecule has 2 aliphatic carbocycles. The molecule has 0 aromatic rings. The molecule has 2 fully saturated rings. The number of rotatable bonds is 1. The highest BCUT2D eigenvalue weighted by Gasteiger charge is 2.52. The van der Waals surface area contributed by atoms with Gasteiger partial charge in [0.2, 0.25) is 0 Å². The standard InChI is InChI=1S/C14H22O/c1-10-6-7-11-4-3-5-13(12(11)8-10)14(2)9-15-14/h8,11-13H,3-7,9H2,1-2H3/t11-,12+,13?,14+/m1/s1. The number of fused-ring (bicyclic) bond motifs is 1. The third kappa shape index (κ3) is 1.65. The van der Waals surface area contributed by atoms with Crippen molar-refractivity contribution in [2.24, 2.45) is 17.8 Å². The molecule has 3 aliphatic rings. The fourth-order valence-corrected chi connectivity index (χ4v) is 3.77. The molecule has 0 N–H and O–H groups in total. The maximum atomic E-state index is 5.69. The largest absolute Gasteiger partial charge is 0.370 e. The second kappa shape index (κ2) is 3.35. The zero-order valence-electron chi connectivity index (χ0n) is 9.96. The first-order valence-electron chi connectivity index (χ1n) is 6.50. The Labute approximate surface area is 92.9 Å². The molecule has 0 amide bonds. The molecule has 1 heterocycles. The Balaban J connectivity index is 1.85.